The maximum Gasteiger partial charge on any atom is 0.323 e. The number of benzene rings is 2. The lowest BCUT2D eigenvalue weighted by Crippen LogP contribution is -2.19. The van der Waals surface area contributed by atoms with Gasteiger partial charge in [-0.1, -0.05) is 18.2 Å². The van der Waals surface area contributed by atoms with E-state index < -0.39 is 6.03 Å². The Kier molecular flexibility index (Phi) is 3.56. The van der Waals surface area contributed by atoms with E-state index in [0.717, 1.165) is 11.6 Å². The molecule has 0 atom stereocenters. The van der Waals surface area contributed by atoms with E-state index in [1.807, 2.05) is 25.1 Å². The van der Waals surface area contributed by atoms with Gasteiger partial charge in [-0.3, -0.25) is 0 Å². The summed E-state index contributed by atoms with van der Waals surface area (Å²) < 4.78 is 0. The number of nitrogens with one attached hydrogen (secondary N) is 2. The quantitative estimate of drug-likeness (QED) is 0.493. The minimum absolute atomic E-state index is 0.0673. The summed E-state index contributed by atoms with van der Waals surface area (Å²) in [7, 11) is 0. The van der Waals surface area contributed by atoms with Gasteiger partial charge in [0, 0.05) is 11.8 Å². The van der Waals surface area contributed by atoms with Crippen LogP contribution < -0.4 is 10.6 Å². The zero-order chi connectivity index (χ0) is 13.8. The Bertz CT molecular complexity index is 611. The number of rotatable bonds is 2. The molecule has 5 nitrogen and oxygen atoms in total. The summed E-state index contributed by atoms with van der Waals surface area (Å²) in [6, 6.07) is 10.9. The molecule has 0 aromatic heterocycles. The van der Waals surface area contributed by atoms with Crippen molar-refractivity contribution < 1.29 is 15.0 Å². The number of amides is 2. The minimum Gasteiger partial charge on any atom is -0.508 e. The van der Waals surface area contributed by atoms with Crippen molar-refractivity contribution in [2.24, 2.45) is 0 Å². The molecule has 0 saturated carbocycles. The van der Waals surface area contributed by atoms with Crippen molar-refractivity contribution in [3.05, 3.63) is 48.0 Å². The van der Waals surface area contributed by atoms with Crippen LogP contribution in [0.2, 0.25) is 0 Å². The number of hydrogen-bond acceptors (Lipinski definition) is 3. The number of urea groups is 1. The van der Waals surface area contributed by atoms with Gasteiger partial charge < -0.3 is 20.8 Å². The Morgan fingerprint density at radius 2 is 1.68 bits per heavy atom. The fourth-order valence-corrected chi connectivity index (χ4v) is 1.61. The number of aromatic hydroxyl groups is 2. The fourth-order valence-electron chi connectivity index (χ4n) is 1.61. The van der Waals surface area contributed by atoms with Crippen LogP contribution in [0.1, 0.15) is 5.56 Å². The van der Waals surface area contributed by atoms with Gasteiger partial charge in [-0.05, 0) is 30.7 Å². The summed E-state index contributed by atoms with van der Waals surface area (Å²) in [5, 5.41) is 23.9. The van der Waals surface area contributed by atoms with Crippen molar-refractivity contribution in [1.82, 2.24) is 0 Å². The lowest BCUT2D eigenvalue weighted by Gasteiger charge is -2.10. The van der Waals surface area contributed by atoms with Crippen molar-refractivity contribution in [3.8, 4) is 11.5 Å². The topological polar surface area (TPSA) is 81.6 Å². The Labute approximate surface area is 110 Å². The van der Waals surface area contributed by atoms with E-state index >= 15 is 0 Å². The smallest absolute Gasteiger partial charge is 0.323 e. The van der Waals surface area contributed by atoms with Crippen LogP contribution in [0.25, 0.3) is 0 Å². The molecule has 0 heterocycles. The number of carbonyl (C=O) groups excluding carboxylic acids is 1. The van der Waals surface area contributed by atoms with Crippen LogP contribution in [0.4, 0.5) is 16.2 Å². The molecule has 0 aliphatic heterocycles. The van der Waals surface area contributed by atoms with Gasteiger partial charge >= 0.3 is 6.03 Å². The van der Waals surface area contributed by atoms with Gasteiger partial charge in [-0.15, -0.1) is 0 Å². The molecule has 0 spiro atoms. The van der Waals surface area contributed by atoms with E-state index in [1.54, 1.807) is 6.07 Å². The normalized spacial score (nSPS) is 9.95. The Morgan fingerprint density at radius 3 is 2.37 bits per heavy atom. The molecule has 0 unspecified atom stereocenters. The molecule has 0 bridgehead atoms. The van der Waals surface area contributed by atoms with Crippen LogP contribution in [-0.4, -0.2) is 16.2 Å². The predicted octanol–water partition coefficient (Wildman–Crippen LogP) is 3.05. The lowest BCUT2D eigenvalue weighted by atomic mass is 10.2. The monoisotopic (exact) mass is 258 g/mol. The molecule has 0 aliphatic rings. The van der Waals surface area contributed by atoms with Crippen LogP contribution >= 0.6 is 0 Å². The molecule has 0 saturated heterocycles. The number of anilines is 2. The number of phenols is 2. The van der Waals surface area contributed by atoms with E-state index in [4.69, 9.17) is 5.11 Å². The minimum atomic E-state index is -0.463. The summed E-state index contributed by atoms with van der Waals surface area (Å²) >= 11 is 0. The standard InChI is InChI=1S/C14H14N2O3/c1-9-4-2-3-5-11(9)15-14(19)16-12-7-6-10(17)8-13(12)18/h2-8,17-18H,1H3,(H2,15,16,19). The summed E-state index contributed by atoms with van der Waals surface area (Å²) in [5.41, 5.74) is 1.86. The molecule has 19 heavy (non-hydrogen) atoms. The molecule has 2 aromatic carbocycles. The molecule has 2 amide bonds. The molecule has 4 N–H and O–H groups in total. The van der Waals surface area contributed by atoms with E-state index in [9.17, 15) is 9.90 Å². The summed E-state index contributed by atoms with van der Waals surface area (Å²) in [6.07, 6.45) is 0. The fraction of sp³-hybridized carbons (Fsp3) is 0.0714. The molecule has 2 rings (SSSR count). The molecule has 2 aromatic rings. The molecule has 0 fully saturated rings. The second-order valence-electron chi connectivity index (χ2n) is 4.10. The van der Waals surface area contributed by atoms with Crippen LogP contribution in [0.5, 0.6) is 11.5 Å². The summed E-state index contributed by atoms with van der Waals surface area (Å²) in [5.74, 6) is -0.262. The highest BCUT2D eigenvalue weighted by Crippen LogP contribution is 2.27. The highest BCUT2D eigenvalue weighted by Gasteiger charge is 2.08. The molecular weight excluding hydrogens is 244 g/mol. The first kappa shape index (κ1) is 12.8. The highest BCUT2D eigenvalue weighted by atomic mass is 16.3. The SMILES string of the molecule is Cc1ccccc1NC(=O)Nc1ccc(O)cc1O. The first-order valence-electron chi connectivity index (χ1n) is 5.72. The number of carbonyl (C=O) groups is 1. The van der Waals surface area contributed by atoms with Crippen LogP contribution in [-0.2, 0) is 0 Å². The predicted molar refractivity (Wildman–Crippen MR) is 73.6 cm³/mol. The van der Waals surface area contributed by atoms with Crippen molar-refractivity contribution in [2.45, 2.75) is 6.92 Å². The van der Waals surface area contributed by atoms with Crippen LogP contribution in [0.15, 0.2) is 42.5 Å². The van der Waals surface area contributed by atoms with Crippen molar-refractivity contribution in [1.29, 1.82) is 0 Å². The van der Waals surface area contributed by atoms with Crippen molar-refractivity contribution in [3.63, 3.8) is 0 Å². The lowest BCUT2D eigenvalue weighted by molar-refractivity contribution is 0.262. The van der Waals surface area contributed by atoms with Crippen LogP contribution in [0, 0.1) is 6.92 Å². The molecule has 0 radical (unpaired) electrons. The number of phenolic OH excluding ortho intramolecular Hbond substituents is 2. The Hall–Kier alpha value is -2.69. The third-order valence-electron chi connectivity index (χ3n) is 2.62. The van der Waals surface area contributed by atoms with Gasteiger partial charge in [0.05, 0.1) is 5.69 Å². The highest BCUT2D eigenvalue weighted by molar-refractivity contribution is 6.01. The van der Waals surface area contributed by atoms with Crippen LogP contribution in [0.3, 0.4) is 0 Å². The second kappa shape index (κ2) is 5.30. The maximum atomic E-state index is 11.8. The van der Waals surface area contributed by atoms with E-state index in [1.165, 1.54) is 12.1 Å². The first-order valence-corrected chi connectivity index (χ1v) is 5.72. The van der Waals surface area contributed by atoms with Gasteiger partial charge in [-0.2, -0.15) is 0 Å². The van der Waals surface area contributed by atoms with Gasteiger partial charge in [-0.25, -0.2) is 4.79 Å². The molecule has 0 aliphatic carbocycles. The molecule has 98 valence electrons. The first-order chi connectivity index (χ1) is 9.06. The van der Waals surface area contributed by atoms with Gasteiger partial charge in [0.15, 0.2) is 0 Å². The van der Waals surface area contributed by atoms with Gasteiger partial charge in [0.2, 0.25) is 0 Å². The van der Waals surface area contributed by atoms with E-state index in [0.29, 0.717) is 5.69 Å². The third kappa shape index (κ3) is 3.16. The average molecular weight is 258 g/mol. The van der Waals surface area contributed by atoms with E-state index in [2.05, 4.69) is 10.6 Å². The van der Waals surface area contributed by atoms with Gasteiger partial charge in [0.25, 0.3) is 0 Å². The van der Waals surface area contributed by atoms with Crippen molar-refractivity contribution in [2.75, 3.05) is 10.6 Å². The largest absolute Gasteiger partial charge is 0.508 e. The second-order valence-corrected chi connectivity index (χ2v) is 4.10. The van der Waals surface area contributed by atoms with Crippen molar-refractivity contribution >= 4 is 17.4 Å². The zero-order valence-electron chi connectivity index (χ0n) is 10.3. The number of aryl methyl sites for hydroxylation is 1. The number of hydrogen-bond donors (Lipinski definition) is 4. The Morgan fingerprint density at radius 1 is 1.00 bits per heavy atom. The number of para-hydroxylation sites is 1. The van der Waals surface area contributed by atoms with E-state index in [-0.39, 0.29) is 17.2 Å². The zero-order valence-corrected chi connectivity index (χ0v) is 10.3. The molecule has 5 heteroatoms. The van der Waals surface area contributed by atoms with Gasteiger partial charge in [0.1, 0.15) is 11.5 Å². The maximum absolute atomic E-state index is 11.8. The third-order valence-corrected chi connectivity index (χ3v) is 2.62. The average Bonchev–Trinajstić information content (AvgIpc) is 2.36. The molecular formula is C14H14N2O3. The Balaban J connectivity index is 2.08. The summed E-state index contributed by atoms with van der Waals surface area (Å²) in [6.45, 7) is 1.88. The summed E-state index contributed by atoms with van der Waals surface area (Å²) in [4.78, 5) is 11.8.